The van der Waals surface area contributed by atoms with Gasteiger partial charge in [0.2, 0.25) is 0 Å². The Balaban J connectivity index is 2.41. The first-order valence-corrected chi connectivity index (χ1v) is 6.77. The van der Waals surface area contributed by atoms with Gasteiger partial charge in [0.1, 0.15) is 12.1 Å². The van der Waals surface area contributed by atoms with Crippen LogP contribution in [0.15, 0.2) is 51.9 Å². The molecule has 0 atom stereocenters. The van der Waals surface area contributed by atoms with E-state index < -0.39 is 0 Å². The number of carbonyl (C=O) groups is 1. The summed E-state index contributed by atoms with van der Waals surface area (Å²) >= 11 is 3.38. The van der Waals surface area contributed by atoms with Gasteiger partial charge in [0, 0.05) is 10.7 Å². The summed E-state index contributed by atoms with van der Waals surface area (Å²) in [4.78, 5) is 27.5. The highest BCUT2D eigenvalue weighted by atomic mass is 79.9. The second kappa shape index (κ2) is 5.05. The minimum atomic E-state index is -0.274. The molecular weight excluding hydrogens is 322 g/mol. The maximum atomic E-state index is 12.5. The van der Waals surface area contributed by atoms with Crippen molar-refractivity contribution in [3.63, 3.8) is 0 Å². The third-order valence-corrected chi connectivity index (χ3v) is 3.52. The number of carbonyl (C=O) groups excluding carboxylic acids is 1. The van der Waals surface area contributed by atoms with E-state index in [-0.39, 0.29) is 12.2 Å². The Bertz CT molecular complexity index is 837. The molecule has 0 amide bonds. The minimum Gasteiger partial charge on any atom is -0.301 e. The first-order valence-electron chi connectivity index (χ1n) is 5.98. The molecule has 0 N–H and O–H groups in total. The topological polar surface area (TPSA) is 56.9 Å². The van der Waals surface area contributed by atoms with E-state index in [1.54, 1.807) is 18.3 Å². The average Bonchev–Trinajstić information content (AvgIpc) is 2.73. The average molecular weight is 332 g/mol. The van der Waals surface area contributed by atoms with Gasteiger partial charge in [-0.15, -0.1) is 0 Å². The fourth-order valence-corrected chi connectivity index (χ4v) is 2.54. The number of pyridine rings is 1. The van der Waals surface area contributed by atoms with E-state index >= 15 is 0 Å². The molecule has 0 unspecified atom stereocenters. The first-order chi connectivity index (χ1) is 9.72. The molecule has 2 aromatic heterocycles. The molecule has 0 spiro atoms. The number of fused-ring (bicyclic) bond motifs is 1. The van der Waals surface area contributed by atoms with Crippen LogP contribution in [0, 0.1) is 0 Å². The smallest absolute Gasteiger partial charge is 0.301 e. The summed E-state index contributed by atoms with van der Waals surface area (Å²) in [5, 5.41) is 0. The van der Waals surface area contributed by atoms with Gasteiger partial charge in [0.15, 0.2) is 0 Å². The lowest BCUT2D eigenvalue weighted by molar-refractivity contribution is -0.108. The lowest BCUT2D eigenvalue weighted by Crippen LogP contribution is -2.24. The molecule has 0 saturated heterocycles. The van der Waals surface area contributed by atoms with E-state index in [0.29, 0.717) is 17.6 Å². The zero-order chi connectivity index (χ0) is 14.1. The summed E-state index contributed by atoms with van der Waals surface area (Å²) in [6.45, 7) is 0.0195. The van der Waals surface area contributed by atoms with Crippen molar-refractivity contribution in [3.8, 4) is 5.82 Å². The summed E-state index contributed by atoms with van der Waals surface area (Å²) in [7, 11) is 0. The van der Waals surface area contributed by atoms with E-state index in [2.05, 4.69) is 20.9 Å². The van der Waals surface area contributed by atoms with Crippen LogP contribution in [0.3, 0.4) is 0 Å². The summed E-state index contributed by atoms with van der Waals surface area (Å²) < 4.78 is 3.79. The lowest BCUT2D eigenvalue weighted by Gasteiger charge is -2.01. The molecule has 0 aliphatic heterocycles. The van der Waals surface area contributed by atoms with Crippen molar-refractivity contribution in [1.82, 2.24) is 14.1 Å². The van der Waals surface area contributed by atoms with Crippen molar-refractivity contribution < 1.29 is 4.79 Å². The van der Waals surface area contributed by atoms with Crippen LogP contribution in [0.25, 0.3) is 16.9 Å². The van der Waals surface area contributed by atoms with E-state index in [4.69, 9.17) is 0 Å². The summed E-state index contributed by atoms with van der Waals surface area (Å²) in [6, 6.07) is 10.9. The van der Waals surface area contributed by atoms with Gasteiger partial charge in [0.05, 0.1) is 17.6 Å². The maximum Gasteiger partial charge on any atom is 0.335 e. The molecule has 2 heterocycles. The molecule has 100 valence electrons. The summed E-state index contributed by atoms with van der Waals surface area (Å²) in [6.07, 6.45) is 2.34. The van der Waals surface area contributed by atoms with Gasteiger partial charge in [0.25, 0.3) is 0 Å². The van der Waals surface area contributed by atoms with E-state index in [0.717, 1.165) is 9.99 Å². The number of hydrogen-bond donors (Lipinski definition) is 0. The number of nitrogens with zero attached hydrogens (tertiary/aromatic N) is 3. The van der Waals surface area contributed by atoms with Gasteiger partial charge in [-0.05, 0) is 30.3 Å². The van der Waals surface area contributed by atoms with Crippen molar-refractivity contribution >= 4 is 33.2 Å². The van der Waals surface area contributed by atoms with Crippen molar-refractivity contribution in [2.75, 3.05) is 0 Å². The number of halogens is 1. The Morgan fingerprint density at radius 1 is 1.20 bits per heavy atom. The molecule has 0 radical (unpaired) electrons. The molecule has 0 bridgehead atoms. The number of hydrogen-bond acceptors (Lipinski definition) is 3. The molecule has 0 aliphatic carbocycles. The standard InChI is InChI=1S/C14H10BrN3O2/c15-10-4-5-11-12(9-10)17(7-8-19)14(20)18(11)13-3-1-2-6-16-13/h1-6,8-9H,7H2. The lowest BCUT2D eigenvalue weighted by atomic mass is 10.3. The van der Waals surface area contributed by atoms with E-state index in [1.165, 1.54) is 9.13 Å². The van der Waals surface area contributed by atoms with Crippen LogP contribution in [-0.2, 0) is 11.3 Å². The highest BCUT2D eigenvalue weighted by molar-refractivity contribution is 9.10. The van der Waals surface area contributed by atoms with Gasteiger partial charge in [-0.2, -0.15) is 0 Å². The Morgan fingerprint density at radius 2 is 2.05 bits per heavy atom. The van der Waals surface area contributed by atoms with Crippen LogP contribution in [0.2, 0.25) is 0 Å². The van der Waals surface area contributed by atoms with Gasteiger partial charge in [-0.3, -0.25) is 4.57 Å². The zero-order valence-corrected chi connectivity index (χ0v) is 11.9. The second-order valence-electron chi connectivity index (χ2n) is 4.22. The molecule has 6 heteroatoms. The van der Waals surface area contributed by atoms with Crippen LogP contribution in [0.4, 0.5) is 0 Å². The van der Waals surface area contributed by atoms with Gasteiger partial charge < -0.3 is 4.79 Å². The first kappa shape index (κ1) is 12.8. The van der Waals surface area contributed by atoms with Crippen LogP contribution < -0.4 is 5.69 Å². The predicted octanol–water partition coefficient (Wildman–Crippen LogP) is 2.15. The third kappa shape index (κ3) is 1.98. The van der Waals surface area contributed by atoms with Crippen molar-refractivity contribution in [2.24, 2.45) is 0 Å². The molecule has 3 aromatic rings. The Kier molecular flexibility index (Phi) is 3.23. The quantitative estimate of drug-likeness (QED) is 0.691. The highest BCUT2D eigenvalue weighted by Crippen LogP contribution is 2.21. The van der Waals surface area contributed by atoms with Crippen molar-refractivity contribution in [3.05, 3.63) is 57.6 Å². The fourth-order valence-electron chi connectivity index (χ4n) is 2.19. The molecule has 3 rings (SSSR count). The van der Waals surface area contributed by atoms with Crippen molar-refractivity contribution in [2.45, 2.75) is 6.54 Å². The molecule has 5 nitrogen and oxygen atoms in total. The summed E-state index contributed by atoms with van der Waals surface area (Å²) in [5.41, 5.74) is 1.14. The van der Waals surface area contributed by atoms with Gasteiger partial charge in [-0.1, -0.05) is 22.0 Å². The maximum absolute atomic E-state index is 12.5. The third-order valence-electron chi connectivity index (χ3n) is 3.03. The normalized spacial score (nSPS) is 10.8. The fraction of sp³-hybridized carbons (Fsp3) is 0.0714. The number of aldehydes is 1. The van der Waals surface area contributed by atoms with Crippen LogP contribution in [0.1, 0.15) is 0 Å². The van der Waals surface area contributed by atoms with E-state index in [1.807, 2.05) is 24.3 Å². The van der Waals surface area contributed by atoms with Crippen molar-refractivity contribution in [1.29, 1.82) is 0 Å². The van der Waals surface area contributed by atoms with Gasteiger partial charge in [-0.25, -0.2) is 14.3 Å². The predicted molar refractivity (Wildman–Crippen MR) is 79.1 cm³/mol. The monoisotopic (exact) mass is 331 g/mol. The number of imidazole rings is 1. The van der Waals surface area contributed by atoms with E-state index in [9.17, 15) is 9.59 Å². The number of benzene rings is 1. The minimum absolute atomic E-state index is 0.0195. The molecule has 0 fully saturated rings. The largest absolute Gasteiger partial charge is 0.335 e. The number of aromatic nitrogens is 3. The molecular formula is C14H10BrN3O2. The molecule has 0 saturated carbocycles. The Hall–Kier alpha value is -2.21. The SMILES string of the molecule is O=CCn1c(=O)n(-c2ccccn2)c2ccc(Br)cc21. The molecule has 0 aliphatic rings. The van der Waals surface area contributed by atoms with Crippen LogP contribution in [0.5, 0.6) is 0 Å². The zero-order valence-electron chi connectivity index (χ0n) is 10.4. The van der Waals surface area contributed by atoms with Gasteiger partial charge >= 0.3 is 5.69 Å². The number of rotatable bonds is 3. The second-order valence-corrected chi connectivity index (χ2v) is 5.13. The molecule has 1 aromatic carbocycles. The Morgan fingerprint density at radius 3 is 2.75 bits per heavy atom. The summed E-state index contributed by atoms with van der Waals surface area (Å²) in [5.74, 6) is 0.537. The highest BCUT2D eigenvalue weighted by Gasteiger charge is 2.14. The molecule has 20 heavy (non-hydrogen) atoms. The van der Waals surface area contributed by atoms with Crippen LogP contribution in [-0.4, -0.2) is 20.4 Å². The Labute approximate surface area is 122 Å². The van der Waals surface area contributed by atoms with Crippen LogP contribution >= 0.6 is 15.9 Å².